The number of carbonyl (C=O) groups is 1. The standard InChI is InChI=1S/C17H25ClN2O3S/c1-2-12-19-17(21)13-20(15-6-4-3-5-7-15)24(22,23)16-10-8-14(18)9-11-16/h8-11,15H,2-7,12-13H2,1H3,(H,19,21). The van der Waals surface area contributed by atoms with Crippen molar-refractivity contribution in [3.8, 4) is 0 Å². The Hall–Kier alpha value is -1.11. The van der Waals surface area contributed by atoms with Gasteiger partial charge in [-0.25, -0.2) is 8.42 Å². The smallest absolute Gasteiger partial charge is 0.243 e. The first kappa shape index (κ1) is 19.2. The van der Waals surface area contributed by atoms with E-state index in [0.717, 1.165) is 38.5 Å². The molecule has 134 valence electrons. The lowest BCUT2D eigenvalue weighted by Gasteiger charge is -2.33. The Morgan fingerprint density at radius 3 is 2.42 bits per heavy atom. The number of nitrogens with one attached hydrogen (secondary N) is 1. The van der Waals surface area contributed by atoms with Gasteiger partial charge in [0.05, 0.1) is 11.4 Å². The van der Waals surface area contributed by atoms with Gasteiger partial charge in [0.2, 0.25) is 15.9 Å². The van der Waals surface area contributed by atoms with Crippen LogP contribution < -0.4 is 5.32 Å². The van der Waals surface area contributed by atoms with Crippen molar-refractivity contribution < 1.29 is 13.2 Å². The van der Waals surface area contributed by atoms with Crippen molar-refractivity contribution in [3.63, 3.8) is 0 Å². The van der Waals surface area contributed by atoms with Gasteiger partial charge in [-0.15, -0.1) is 0 Å². The van der Waals surface area contributed by atoms with E-state index in [1.165, 1.54) is 16.4 Å². The third-order valence-corrected chi connectivity index (χ3v) is 6.44. The van der Waals surface area contributed by atoms with E-state index < -0.39 is 10.0 Å². The maximum atomic E-state index is 13.1. The average molecular weight is 373 g/mol. The lowest BCUT2D eigenvalue weighted by atomic mass is 9.95. The minimum Gasteiger partial charge on any atom is -0.355 e. The Bertz CT molecular complexity index is 640. The number of hydrogen-bond acceptors (Lipinski definition) is 3. The van der Waals surface area contributed by atoms with E-state index >= 15 is 0 Å². The van der Waals surface area contributed by atoms with Crippen molar-refractivity contribution in [2.75, 3.05) is 13.1 Å². The third-order valence-electron chi connectivity index (χ3n) is 4.27. The van der Waals surface area contributed by atoms with E-state index in [0.29, 0.717) is 11.6 Å². The summed E-state index contributed by atoms with van der Waals surface area (Å²) in [7, 11) is -3.72. The van der Waals surface area contributed by atoms with Gasteiger partial charge in [-0.1, -0.05) is 37.8 Å². The van der Waals surface area contributed by atoms with Crippen LogP contribution in [0.15, 0.2) is 29.2 Å². The van der Waals surface area contributed by atoms with Gasteiger partial charge >= 0.3 is 0 Å². The molecule has 0 aliphatic heterocycles. The molecular weight excluding hydrogens is 348 g/mol. The highest BCUT2D eigenvalue weighted by molar-refractivity contribution is 7.89. The Balaban J connectivity index is 2.25. The van der Waals surface area contributed by atoms with Gasteiger partial charge in [-0.3, -0.25) is 4.79 Å². The minimum atomic E-state index is -3.72. The monoisotopic (exact) mass is 372 g/mol. The number of benzene rings is 1. The zero-order valence-electron chi connectivity index (χ0n) is 14.0. The maximum Gasteiger partial charge on any atom is 0.243 e. The van der Waals surface area contributed by atoms with Gasteiger partial charge in [0.25, 0.3) is 0 Å². The Kier molecular flexibility index (Phi) is 7.07. The van der Waals surface area contributed by atoms with Gasteiger partial charge in [0.1, 0.15) is 0 Å². The summed E-state index contributed by atoms with van der Waals surface area (Å²) >= 11 is 5.86. The number of hydrogen-bond donors (Lipinski definition) is 1. The quantitative estimate of drug-likeness (QED) is 0.799. The molecule has 0 unspecified atom stereocenters. The molecule has 5 nitrogen and oxygen atoms in total. The van der Waals surface area contributed by atoms with Crippen molar-refractivity contribution in [1.82, 2.24) is 9.62 Å². The van der Waals surface area contributed by atoms with Crippen LogP contribution in [0.5, 0.6) is 0 Å². The fraction of sp³-hybridized carbons (Fsp3) is 0.588. The van der Waals surface area contributed by atoms with Crippen molar-refractivity contribution in [2.24, 2.45) is 0 Å². The highest BCUT2D eigenvalue weighted by Gasteiger charge is 2.33. The Labute approximate surface area is 149 Å². The maximum absolute atomic E-state index is 13.1. The van der Waals surface area contributed by atoms with E-state index in [2.05, 4.69) is 5.32 Å². The number of rotatable bonds is 7. The highest BCUT2D eigenvalue weighted by atomic mass is 35.5. The summed E-state index contributed by atoms with van der Waals surface area (Å²) in [4.78, 5) is 12.3. The van der Waals surface area contributed by atoms with Gasteiger partial charge in [-0.05, 0) is 43.5 Å². The van der Waals surface area contributed by atoms with Gasteiger partial charge in [0, 0.05) is 17.6 Å². The molecule has 24 heavy (non-hydrogen) atoms. The molecular formula is C17H25ClN2O3S. The normalized spacial score (nSPS) is 16.3. The van der Waals surface area contributed by atoms with Crippen LogP contribution in [0.3, 0.4) is 0 Å². The van der Waals surface area contributed by atoms with Crippen molar-refractivity contribution in [2.45, 2.75) is 56.4 Å². The summed E-state index contributed by atoms with van der Waals surface area (Å²) < 4.78 is 27.5. The van der Waals surface area contributed by atoms with Gasteiger partial charge in [-0.2, -0.15) is 4.31 Å². The lowest BCUT2D eigenvalue weighted by molar-refractivity contribution is -0.121. The summed E-state index contributed by atoms with van der Waals surface area (Å²) in [5.41, 5.74) is 0. The van der Waals surface area contributed by atoms with Crippen molar-refractivity contribution in [3.05, 3.63) is 29.3 Å². The summed E-state index contributed by atoms with van der Waals surface area (Å²) in [6, 6.07) is 6.00. The predicted molar refractivity (Wildman–Crippen MR) is 95.5 cm³/mol. The Morgan fingerprint density at radius 2 is 1.83 bits per heavy atom. The fourth-order valence-electron chi connectivity index (χ4n) is 2.98. The van der Waals surface area contributed by atoms with E-state index in [9.17, 15) is 13.2 Å². The van der Waals surface area contributed by atoms with Crippen LogP contribution in [0, 0.1) is 0 Å². The van der Waals surface area contributed by atoms with Crippen LogP contribution in [-0.2, 0) is 14.8 Å². The molecule has 0 atom stereocenters. The molecule has 1 aromatic carbocycles. The molecule has 1 aliphatic carbocycles. The van der Waals surface area contributed by atoms with Crippen LogP contribution in [0.1, 0.15) is 45.4 Å². The van der Waals surface area contributed by atoms with E-state index in [4.69, 9.17) is 11.6 Å². The van der Waals surface area contributed by atoms with Crippen LogP contribution in [0.25, 0.3) is 0 Å². The van der Waals surface area contributed by atoms with E-state index in [1.807, 2.05) is 6.92 Å². The van der Waals surface area contributed by atoms with E-state index in [1.54, 1.807) is 12.1 Å². The molecule has 1 aliphatic rings. The largest absolute Gasteiger partial charge is 0.355 e. The fourth-order valence-corrected chi connectivity index (χ4v) is 4.75. The molecule has 0 aromatic heterocycles. The second-order valence-electron chi connectivity index (χ2n) is 6.15. The average Bonchev–Trinajstić information content (AvgIpc) is 2.59. The van der Waals surface area contributed by atoms with Crippen LogP contribution in [0.2, 0.25) is 5.02 Å². The number of carbonyl (C=O) groups excluding carboxylic acids is 1. The molecule has 1 saturated carbocycles. The van der Waals surface area contributed by atoms with E-state index in [-0.39, 0.29) is 23.4 Å². The SMILES string of the molecule is CCCNC(=O)CN(C1CCCCC1)S(=O)(=O)c1ccc(Cl)cc1. The molecule has 7 heteroatoms. The summed E-state index contributed by atoms with van der Waals surface area (Å²) in [6.07, 6.45) is 5.52. The molecule has 0 bridgehead atoms. The summed E-state index contributed by atoms with van der Waals surface area (Å²) in [5.74, 6) is -0.250. The molecule has 0 spiro atoms. The molecule has 0 heterocycles. The molecule has 2 rings (SSSR count). The molecule has 1 N–H and O–H groups in total. The first-order valence-electron chi connectivity index (χ1n) is 8.49. The first-order valence-corrected chi connectivity index (χ1v) is 10.3. The first-order chi connectivity index (χ1) is 11.4. The summed E-state index contributed by atoms with van der Waals surface area (Å²) in [5, 5.41) is 3.25. The zero-order valence-corrected chi connectivity index (χ0v) is 15.6. The minimum absolute atomic E-state index is 0.119. The highest BCUT2D eigenvalue weighted by Crippen LogP contribution is 2.28. The molecule has 0 saturated heterocycles. The summed E-state index contributed by atoms with van der Waals surface area (Å²) in [6.45, 7) is 2.39. The number of amides is 1. The molecule has 1 amide bonds. The molecule has 0 radical (unpaired) electrons. The van der Waals surface area contributed by atoms with Gasteiger partial charge < -0.3 is 5.32 Å². The van der Waals surface area contributed by atoms with Gasteiger partial charge in [0.15, 0.2) is 0 Å². The third kappa shape index (κ3) is 4.94. The van der Waals surface area contributed by atoms with Crippen LogP contribution in [0.4, 0.5) is 0 Å². The zero-order chi connectivity index (χ0) is 17.6. The topological polar surface area (TPSA) is 66.5 Å². The van der Waals surface area contributed by atoms with Crippen molar-refractivity contribution >= 4 is 27.5 Å². The predicted octanol–water partition coefficient (Wildman–Crippen LogP) is 3.19. The van der Waals surface area contributed by atoms with Crippen LogP contribution in [-0.4, -0.2) is 37.8 Å². The second kappa shape index (κ2) is 8.83. The number of sulfonamides is 1. The lowest BCUT2D eigenvalue weighted by Crippen LogP contribution is -2.47. The number of nitrogens with zero attached hydrogens (tertiary/aromatic N) is 1. The Morgan fingerprint density at radius 1 is 1.21 bits per heavy atom. The van der Waals surface area contributed by atoms with Crippen molar-refractivity contribution in [1.29, 1.82) is 0 Å². The number of halogens is 1. The molecule has 1 fully saturated rings. The molecule has 1 aromatic rings. The van der Waals surface area contributed by atoms with Crippen LogP contribution >= 0.6 is 11.6 Å². The second-order valence-corrected chi connectivity index (χ2v) is 8.47.